The summed E-state index contributed by atoms with van der Waals surface area (Å²) in [5, 5.41) is 9.37. The van der Waals surface area contributed by atoms with Gasteiger partial charge in [-0.2, -0.15) is 0 Å². The predicted molar refractivity (Wildman–Crippen MR) is 78.5 cm³/mol. The fraction of sp³-hybridized carbons (Fsp3) is 0.462. The highest BCUT2D eigenvalue weighted by Crippen LogP contribution is 2.34. The van der Waals surface area contributed by atoms with Gasteiger partial charge in [0.05, 0.1) is 5.39 Å². The molecule has 3 rings (SSSR count). The van der Waals surface area contributed by atoms with Crippen molar-refractivity contribution in [3.8, 4) is 0 Å². The molecule has 0 amide bonds. The number of carboxylic acids is 1. The van der Waals surface area contributed by atoms with Gasteiger partial charge < -0.3 is 15.8 Å². The molecule has 0 saturated carbocycles. The molecular weight excluding hydrogens is 278 g/mol. The Bertz CT molecular complexity index is 700. The molecule has 0 spiro atoms. The highest BCUT2D eigenvalue weighted by Gasteiger charge is 2.21. The van der Waals surface area contributed by atoms with Crippen LogP contribution >= 0.6 is 11.3 Å². The molecule has 2 aromatic rings. The van der Waals surface area contributed by atoms with E-state index in [4.69, 9.17) is 10.8 Å². The first-order chi connectivity index (χ1) is 9.40. The summed E-state index contributed by atoms with van der Waals surface area (Å²) in [6, 6.07) is 0.333. The standard InChI is InChI=1S/C10H8N2O3S.C3H9N/c13-8-6-4-2-1-3-5(4)16-9(6)12-7(11-8)10(14)15;1-3(2)4/h1-3H2,(H,14,15)(H,11,12,13);3H,4H2,1-2H3. The molecule has 0 aromatic carbocycles. The fourth-order valence-electron chi connectivity index (χ4n) is 2.10. The van der Waals surface area contributed by atoms with Crippen LogP contribution in [0.15, 0.2) is 4.79 Å². The van der Waals surface area contributed by atoms with Crippen LogP contribution in [0.25, 0.3) is 10.2 Å². The Morgan fingerprint density at radius 1 is 1.45 bits per heavy atom. The Morgan fingerprint density at radius 2 is 2.10 bits per heavy atom. The third-order valence-electron chi connectivity index (χ3n) is 2.78. The number of carboxylic acid groups (broad SMARTS) is 1. The van der Waals surface area contributed by atoms with Crippen LogP contribution in [0.4, 0.5) is 0 Å². The third kappa shape index (κ3) is 2.88. The predicted octanol–water partition coefficient (Wildman–Crippen LogP) is 1.52. The minimum Gasteiger partial charge on any atom is -0.475 e. The molecule has 0 bridgehead atoms. The number of thiophene rings is 1. The van der Waals surface area contributed by atoms with Gasteiger partial charge in [0.15, 0.2) is 0 Å². The number of aromatic carboxylic acids is 1. The zero-order valence-electron chi connectivity index (χ0n) is 11.4. The van der Waals surface area contributed by atoms with E-state index in [2.05, 4.69) is 9.97 Å². The molecule has 0 atom stereocenters. The van der Waals surface area contributed by atoms with E-state index in [1.807, 2.05) is 13.8 Å². The molecule has 0 fully saturated rings. The number of H-pyrrole nitrogens is 1. The van der Waals surface area contributed by atoms with Gasteiger partial charge in [-0.3, -0.25) is 4.79 Å². The van der Waals surface area contributed by atoms with Crippen molar-refractivity contribution < 1.29 is 9.90 Å². The number of nitrogens with two attached hydrogens (primary N) is 1. The Balaban J connectivity index is 0.000000328. The van der Waals surface area contributed by atoms with Crippen molar-refractivity contribution in [2.75, 3.05) is 0 Å². The topological polar surface area (TPSA) is 109 Å². The Morgan fingerprint density at radius 3 is 2.70 bits per heavy atom. The first kappa shape index (κ1) is 14.7. The fourth-order valence-corrected chi connectivity index (χ4v) is 3.37. The van der Waals surface area contributed by atoms with Crippen molar-refractivity contribution in [1.82, 2.24) is 9.97 Å². The average molecular weight is 295 g/mol. The molecule has 0 aliphatic heterocycles. The Kier molecular flexibility index (Phi) is 4.20. The van der Waals surface area contributed by atoms with E-state index >= 15 is 0 Å². The number of rotatable bonds is 1. The maximum absolute atomic E-state index is 11.8. The summed E-state index contributed by atoms with van der Waals surface area (Å²) in [5.74, 6) is -1.48. The first-order valence-corrected chi connectivity index (χ1v) is 7.25. The summed E-state index contributed by atoms with van der Waals surface area (Å²) < 4.78 is 0. The van der Waals surface area contributed by atoms with Gasteiger partial charge in [0.2, 0.25) is 5.82 Å². The maximum Gasteiger partial charge on any atom is 0.372 e. The Labute approximate surface area is 119 Å². The third-order valence-corrected chi connectivity index (χ3v) is 3.96. The zero-order chi connectivity index (χ0) is 14.9. The molecule has 4 N–H and O–H groups in total. The van der Waals surface area contributed by atoms with E-state index in [0.29, 0.717) is 16.3 Å². The number of aromatic nitrogens is 2. The second kappa shape index (κ2) is 5.72. The molecule has 2 aromatic heterocycles. The highest BCUT2D eigenvalue weighted by atomic mass is 32.1. The lowest BCUT2D eigenvalue weighted by Gasteiger charge is -1.95. The van der Waals surface area contributed by atoms with Crippen molar-refractivity contribution in [2.24, 2.45) is 5.73 Å². The lowest BCUT2D eigenvalue weighted by atomic mass is 10.2. The first-order valence-electron chi connectivity index (χ1n) is 6.43. The molecule has 2 heterocycles. The summed E-state index contributed by atoms with van der Waals surface area (Å²) in [7, 11) is 0. The zero-order valence-corrected chi connectivity index (χ0v) is 12.2. The van der Waals surface area contributed by atoms with Crippen LogP contribution < -0.4 is 11.3 Å². The van der Waals surface area contributed by atoms with Gasteiger partial charge in [0.1, 0.15) is 4.83 Å². The molecule has 20 heavy (non-hydrogen) atoms. The number of hydrogen-bond donors (Lipinski definition) is 3. The lowest BCUT2D eigenvalue weighted by Crippen LogP contribution is -2.15. The molecule has 6 nitrogen and oxygen atoms in total. The van der Waals surface area contributed by atoms with Crippen molar-refractivity contribution in [1.29, 1.82) is 0 Å². The van der Waals surface area contributed by atoms with Crippen molar-refractivity contribution >= 4 is 27.5 Å². The van der Waals surface area contributed by atoms with Gasteiger partial charge in [0, 0.05) is 4.88 Å². The second-order valence-corrected chi connectivity index (χ2v) is 6.08. The van der Waals surface area contributed by atoms with Crippen LogP contribution in [0.3, 0.4) is 0 Å². The second-order valence-electron chi connectivity index (χ2n) is 5.00. The summed E-state index contributed by atoms with van der Waals surface area (Å²) in [5.41, 5.74) is 5.84. The molecule has 1 aliphatic rings. The van der Waals surface area contributed by atoms with Crippen LogP contribution in [0.2, 0.25) is 0 Å². The van der Waals surface area contributed by atoms with Crippen LogP contribution in [0.5, 0.6) is 0 Å². The number of carbonyl (C=O) groups is 1. The molecule has 0 saturated heterocycles. The quantitative estimate of drug-likeness (QED) is 0.739. The number of aryl methyl sites for hydroxylation is 2. The van der Waals surface area contributed by atoms with Gasteiger partial charge in [-0.15, -0.1) is 11.3 Å². The largest absolute Gasteiger partial charge is 0.475 e. The van der Waals surface area contributed by atoms with E-state index in [1.165, 1.54) is 16.2 Å². The normalized spacial score (nSPS) is 13.2. The molecular formula is C13H17N3O3S. The summed E-state index contributed by atoms with van der Waals surface area (Å²) in [4.78, 5) is 30.5. The summed E-state index contributed by atoms with van der Waals surface area (Å²) in [6.07, 6.45) is 2.93. The highest BCUT2D eigenvalue weighted by molar-refractivity contribution is 7.18. The van der Waals surface area contributed by atoms with Gasteiger partial charge in [-0.25, -0.2) is 9.78 Å². The van der Waals surface area contributed by atoms with Crippen molar-refractivity contribution in [3.05, 3.63) is 26.6 Å². The average Bonchev–Trinajstić information content (AvgIpc) is 2.86. The van der Waals surface area contributed by atoms with Crippen molar-refractivity contribution in [3.63, 3.8) is 0 Å². The van der Waals surface area contributed by atoms with E-state index in [9.17, 15) is 9.59 Å². The number of aromatic amines is 1. The monoisotopic (exact) mass is 295 g/mol. The summed E-state index contributed by atoms with van der Waals surface area (Å²) in [6.45, 7) is 3.89. The van der Waals surface area contributed by atoms with Crippen LogP contribution in [0.1, 0.15) is 41.3 Å². The molecule has 0 unspecified atom stereocenters. The number of nitrogens with one attached hydrogen (secondary N) is 1. The number of hydrogen-bond acceptors (Lipinski definition) is 5. The van der Waals surface area contributed by atoms with E-state index in [0.717, 1.165) is 24.8 Å². The van der Waals surface area contributed by atoms with Gasteiger partial charge in [0.25, 0.3) is 5.56 Å². The lowest BCUT2D eigenvalue weighted by molar-refractivity contribution is 0.0683. The molecule has 108 valence electrons. The van der Waals surface area contributed by atoms with E-state index in [1.54, 1.807) is 0 Å². The minimum atomic E-state index is -1.20. The van der Waals surface area contributed by atoms with Crippen molar-refractivity contribution in [2.45, 2.75) is 39.2 Å². The van der Waals surface area contributed by atoms with Crippen LogP contribution in [-0.2, 0) is 12.8 Å². The summed E-state index contributed by atoms with van der Waals surface area (Å²) >= 11 is 1.44. The smallest absolute Gasteiger partial charge is 0.372 e. The Hall–Kier alpha value is -1.73. The van der Waals surface area contributed by atoms with E-state index < -0.39 is 5.97 Å². The van der Waals surface area contributed by atoms with Gasteiger partial charge in [-0.05, 0) is 30.9 Å². The van der Waals surface area contributed by atoms with Gasteiger partial charge in [-0.1, -0.05) is 13.8 Å². The minimum absolute atomic E-state index is 0.280. The van der Waals surface area contributed by atoms with Crippen LogP contribution in [0, 0.1) is 0 Å². The van der Waals surface area contributed by atoms with Crippen LogP contribution in [-0.4, -0.2) is 27.1 Å². The molecule has 0 radical (unpaired) electrons. The van der Waals surface area contributed by atoms with Gasteiger partial charge >= 0.3 is 5.97 Å². The molecule has 7 heteroatoms. The van der Waals surface area contributed by atoms with E-state index in [-0.39, 0.29) is 11.4 Å². The molecule has 1 aliphatic carbocycles. The SMILES string of the molecule is CC(C)N.O=C(O)c1nc2sc3c(c2c(=O)[nH]1)CCC3. The number of fused-ring (bicyclic) bond motifs is 3. The maximum atomic E-state index is 11.8. The number of nitrogens with zero attached hydrogens (tertiary/aromatic N) is 1.